The highest BCUT2D eigenvalue weighted by atomic mass is 79.9. The molecule has 0 bridgehead atoms. The first-order valence-corrected chi connectivity index (χ1v) is 6.58. The standard InChI is InChI=1S/C13H18BrNO/c1-9(8-15-2)5-11-7-12(14)6-10-3-4-16-13(10)11/h6-7,9,15H,3-5,8H2,1-2H3. The monoisotopic (exact) mass is 283 g/mol. The number of hydrogen-bond donors (Lipinski definition) is 1. The summed E-state index contributed by atoms with van der Waals surface area (Å²) in [6, 6.07) is 4.37. The van der Waals surface area contributed by atoms with Crippen molar-refractivity contribution in [3.8, 4) is 5.75 Å². The molecular formula is C13H18BrNO. The van der Waals surface area contributed by atoms with Gasteiger partial charge in [0.15, 0.2) is 0 Å². The summed E-state index contributed by atoms with van der Waals surface area (Å²) in [6.45, 7) is 4.14. The van der Waals surface area contributed by atoms with Gasteiger partial charge in [-0.2, -0.15) is 0 Å². The van der Waals surface area contributed by atoms with Gasteiger partial charge < -0.3 is 10.1 Å². The van der Waals surface area contributed by atoms with E-state index in [1.165, 1.54) is 15.6 Å². The molecule has 0 amide bonds. The third-order valence-corrected chi connectivity index (χ3v) is 3.40. The van der Waals surface area contributed by atoms with Gasteiger partial charge in [-0.1, -0.05) is 22.9 Å². The number of ether oxygens (including phenoxy) is 1. The summed E-state index contributed by atoms with van der Waals surface area (Å²) in [6.07, 6.45) is 2.12. The molecule has 1 aromatic carbocycles. The molecule has 0 saturated heterocycles. The Labute approximate surface area is 106 Å². The van der Waals surface area contributed by atoms with Gasteiger partial charge >= 0.3 is 0 Å². The minimum Gasteiger partial charge on any atom is -0.493 e. The van der Waals surface area contributed by atoms with Gasteiger partial charge in [-0.15, -0.1) is 0 Å². The Morgan fingerprint density at radius 2 is 2.31 bits per heavy atom. The van der Waals surface area contributed by atoms with Crippen LogP contribution in [0.25, 0.3) is 0 Å². The summed E-state index contributed by atoms with van der Waals surface area (Å²) in [5.74, 6) is 1.76. The van der Waals surface area contributed by atoms with Crippen LogP contribution in [0.3, 0.4) is 0 Å². The largest absolute Gasteiger partial charge is 0.493 e. The Morgan fingerprint density at radius 3 is 3.06 bits per heavy atom. The van der Waals surface area contributed by atoms with E-state index in [4.69, 9.17) is 4.74 Å². The first-order chi connectivity index (χ1) is 7.70. The van der Waals surface area contributed by atoms with Gasteiger partial charge in [0.1, 0.15) is 5.75 Å². The maximum absolute atomic E-state index is 5.72. The van der Waals surface area contributed by atoms with E-state index in [-0.39, 0.29) is 0 Å². The van der Waals surface area contributed by atoms with Crippen molar-refractivity contribution in [2.24, 2.45) is 5.92 Å². The van der Waals surface area contributed by atoms with E-state index in [1.54, 1.807) is 0 Å². The average molecular weight is 284 g/mol. The summed E-state index contributed by atoms with van der Waals surface area (Å²) in [5.41, 5.74) is 2.69. The molecule has 88 valence electrons. The van der Waals surface area contributed by atoms with Crippen LogP contribution in [0.2, 0.25) is 0 Å². The van der Waals surface area contributed by atoms with Crippen LogP contribution in [-0.2, 0) is 12.8 Å². The Morgan fingerprint density at radius 1 is 1.50 bits per heavy atom. The quantitative estimate of drug-likeness (QED) is 0.918. The van der Waals surface area contributed by atoms with Crippen LogP contribution in [-0.4, -0.2) is 20.2 Å². The number of fused-ring (bicyclic) bond motifs is 1. The molecule has 2 rings (SSSR count). The molecule has 2 nitrogen and oxygen atoms in total. The Kier molecular flexibility index (Phi) is 3.87. The summed E-state index contributed by atoms with van der Waals surface area (Å²) < 4.78 is 6.89. The Bertz CT molecular complexity index is 378. The number of halogens is 1. The van der Waals surface area contributed by atoms with Crippen LogP contribution >= 0.6 is 15.9 Å². The Hall–Kier alpha value is -0.540. The highest BCUT2D eigenvalue weighted by Crippen LogP contribution is 2.34. The number of nitrogens with one attached hydrogen (secondary N) is 1. The van der Waals surface area contributed by atoms with E-state index in [9.17, 15) is 0 Å². The molecule has 0 spiro atoms. The molecule has 1 heterocycles. The molecule has 0 radical (unpaired) electrons. The van der Waals surface area contributed by atoms with Gasteiger partial charge in [0.2, 0.25) is 0 Å². The fourth-order valence-electron chi connectivity index (χ4n) is 2.29. The molecule has 0 fully saturated rings. The zero-order valence-corrected chi connectivity index (χ0v) is 11.4. The van der Waals surface area contributed by atoms with Gasteiger partial charge in [-0.25, -0.2) is 0 Å². The van der Waals surface area contributed by atoms with Gasteiger partial charge in [0.25, 0.3) is 0 Å². The van der Waals surface area contributed by atoms with Crippen LogP contribution in [0.1, 0.15) is 18.1 Å². The van der Waals surface area contributed by atoms with Crippen molar-refractivity contribution >= 4 is 15.9 Å². The molecule has 16 heavy (non-hydrogen) atoms. The van der Waals surface area contributed by atoms with Crippen molar-refractivity contribution < 1.29 is 4.74 Å². The van der Waals surface area contributed by atoms with Crippen molar-refractivity contribution in [1.29, 1.82) is 0 Å². The van der Waals surface area contributed by atoms with E-state index >= 15 is 0 Å². The molecule has 1 atom stereocenters. The molecule has 1 aliphatic rings. The second-order valence-corrected chi connectivity index (χ2v) is 5.43. The van der Waals surface area contributed by atoms with E-state index in [1.807, 2.05) is 7.05 Å². The third-order valence-electron chi connectivity index (χ3n) is 2.95. The topological polar surface area (TPSA) is 21.3 Å². The van der Waals surface area contributed by atoms with E-state index < -0.39 is 0 Å². The summed E-state index contributed by atoms with van der Waals surface area (Å²) in [5, 5.41) is 3.22. The van der Waals surface area contributed by atoms with Gasteiger partial charge in [-0.05, 0) is 49.2 Å². The zero-order valence-electron chi connectivity index (χ0n) is 9.85. The molecule has 3 heteroatoms. The molecule has 0 saturated carbocycles. The Balaban J connectivity index is 2.20. The van der Waals surface area contributed by atoms with Crippen molar-refractivity contribution in [2.45, 2.75) is 19.8 Å². The van der Waals surface area contributed by atoms with Crippen LogP contribution in [0, 0.1) is 5.92 Å². The summed E-state index contributed by atoms with van der Waals surface area (Å²) >= 11 is 3.57. The molecule has 0 aliphatic carbocycles. The van der Waals surface area contributed by atoms with E-state index in [2.05, 4.69) is 40.3 Å². The SMILES string of the molecule is CNCC(C)Cc1cc(Br)cc2c1OCC2. The van der Waals surface area contributed by atoms with Gasteiger partial charge in [0, 0.05) is 10.9 Å². The molecule has 1 aromatic rings. The zero-order chi connectivity index (χ0) is 11.5. The molecular weight excluding hydrogens is 266 g/mol. The highest BCUT2D eigenvalue weighted by Gasteiger charge is 2.18. The highest BCUT2D eigenvalue weighted by molar-refractivity contribution is 9.10. The van der Waals surface area contributed by atoms with Crippen LogP contribution in [0.15, 0.2) is 16.6 Å². The fraction of sp³-hybridized carbons (Fsp3) is 0.538. The second kappa shape index (κ2) is 5.19. The van der Waals surface area contributed by atoms with Crippen LogP contribution in [0.5, 0.6) is 5.75 Å². The predicted molar refractivity (Wildman–Crippen MR) is 70.1 cm³/mol. The minimum absolute atomic E-state index is 0.632. The average Bonchev–Trinajstić information content (AvgIpc) is 2.65. The van der Waals surface area contributed by atoms with Crippen molar-refractivity contribution in [1.82, 2.24) is 5.32 Å². The lowest BCUT2D eigenvalue weighted by molar-refractivity contribution is 0.351. The number of benzene rings is 1. The lowest BCUT2D eigenvalue weighted by Gasteiger charge is -2.14. The third kappa shape index (κ3) is 2.58. The molecule has 0 aromatic heterocycles. The lowest BCUT2D eigenvalue weighted by Crippen LogP contribution is -2.18. The second-order valence-electron chi connectivity index (χ2n) is 4.52. The summed E-state index contributed by atoms with van der Waals surface area (Å²) in [4.78, 5) is 0. The van der Waals surface area contributed by atoms with Gasteiger partial charge in [0.05, 0.1) is 6.61 Å². The number of hydrogen-bond acceptors (Lipinski definition) is 2. The number of rotatable bonds is 4. The smallest absolute Gasteiger partial charge is 0.125 e. The molecule has 1 N–H and O–H groups in total. The predicted octanol–water partition coefficient (Wildman–Crippen LogP) is 2.78. The molecule has 1 aliphatic heterocycles. The summed E-state index contributed by atoms with van der Waals surface area (Å²) in [7, 11) is 2.00. The minimum atomic E-state index is 0.632. The molecule has 1 unspecified atom stereocenters. The lowest BCUT2D eigenvalue weighted by atomic mass is 9.98. The van der Waals surface area contributed by atoms with Crippen molar-refractivity contribution in [3.63, 3.8) is 0 Å². The van der Waals surface area contributed by atoms with Gasteiger partial charge in [-0.3, -0.25) is 0 Å². The van der Waals surface area contributed by atoms with E-state index in [0.29, 0.717) is 5.92 Å². The van der Waals surface area contributed by atoms with Crippen molar-refractivity contribution in [3.05, 3.63) is 27.7 Å². The van der Waals surface area contributed by atoms with Crippen molar-refractivity contribution in [2.75, 3.05) is 20.2 Å². The maximum atomic E-state index is 5.72. The normalized spacial score (nSPS) is 15.7. The first-order valence-electron chi connectivity index (χ1n) is 5.79. The van der Waals surface area contributed by atoms with E-state index in [0.717, 1.165) is 31.7 Å². The maximum Gasteiger partial charge on any atom is 0.125 e. The van der Waals surface area contributed by atoms with Crippen LogP contribution < -0.4 is 10.1 Å². The van der Waals surface area contributed by atoms with Crippen LogP contribution in [0.4, 0.5) is 0 Å². The fourth-order valence-corrected chi connectivity index (χ4v) is 2.85. The first kappa shape index (κ1) is 11.9.